The van der Waals surface area contributed by atoms with E-state index >= 15 is 0 Å². The van der Waals surface area contributed by atoms with E-state index in [1.54, 1.807) is 0 Å². The molecule has 0 spiro atoms. The maximum atomic E-state index is 13.7. The van der Waals surface area contributed by atoms with Crippen LogP contribution in [0.2, 0.25) is 0 Å². The molecule has 0 saturated heterocycles. The van der Waals surface area contributed by atoms with Gasteiger partial charge in [-0.2, -0.15) is 13.2 Å². The maximum absolute atomic E-state index is 13.7. The third kappa shape index (κ3) is 3.60. The second-order valence-electron chi connectivity index (χ2n) is 4.58. The van der Waals surface area contributed by atoms with Crippen molar-refractivity contribution in [2.24, 2.45) is 0 Å². The second kappa shape index (κ2) is 6.62. The van der Waals surface area contributed by atoms with Gasteiger partial charge in [0.05, 0.1) is 5.56 Å². The third-order valence-corrected chi connectivity index (χ3v) is 3.45. The van der Waals surface area contributed by atoms with Crippen LogP contribution >= 0.6 is 15.9 Å². The summed E-state index contributed by atoms with van der Waals surface area (Å²) in [6.07, 6.45) is -5.71. The highest BCUT2D eigenvalue weighted by molar-refractivity contribution is 9.10. The van der Waals surface area contributed by atoms with Crippen LogP contribution < -0.4 is 5.32 Å². The van der Waals surface area contributed by atoms with E-state index in [9.17, 15) is 39.9 Å². The summed E-state index contributed by atoms with van der Waals surface area (Å²) in [7, 11) is 0. The van der Waals surface area contributed by atoms with Crippen molar-refractivity contribution in [3.8, 4) is 0 Å². The molecule has 25 heavy (non-hydrogen) atoms. The first-order chi connectivity index (χ1) is 11.4. The Morgan fingerprint density at radius 1 is 0.920 bits per heavy atom. The van der Waals surface area contributed by atoms with Crippen LogP contribution in [0.15, 0.2) is 22.7 Å². The summed E-state index contributed by atoms with van der Waals surface area (Å²) < 4.78 is 105. The summed E-state index contributed by atoms with van der Waals surface area (Å²) in [5, 5.41) is 1.33. The first-order valence-corrected chi connectivity index (χ1v) is 6.94. The quantitative estimate of drug-likeness (QED) is 0.497. The molecule has 0 heterocycles. The Labute approximate surface area is 142 Å². The Bertz CT molecular complexity index is 836. The molecule has 0 aliphatic rings. The molecule has 2 nitrogen and oxygen atoms in total. The van der Waals surface area contributed by atoms with Gasteiger partial charge in [-0.05, 0) is 18.2 Å². The zero-order chi connectivity index (χ0) is 19.1. The smallest absolute Gasteiger partial charge is 0.317 e. The van der Waals surface area contributed by atoms with Crippen molar-refractivity contribution in [3.63, 3.8) is 0 Å². The van der Waals surface area contributed by atoms with Gasteiger partial charge in [-0.25, -0.2) is 22.0 Å². The van der Waals surface area contributed by atoms with Crippen molar-refractivity contribution < 1.29 is 39.9 Å². The number of rotatable bonds is 2. The molecule has 0 aromatic heterocycles. The molecular formula is C14H4BrF8NO. The molecule has 0 fully saturated rings. The molecular weight excluding hydrogens is 430 g/mol. The van der Waals surface area contributed by atoms with Crippen LogP contribution in [0, 0.1) is 29.1 Å². The van der Waals surface area contributed by atoms with Gasteiger partial charge in [-0.15, -0.1) is 0 Å². The highest BCUT2D eigenvalue weighted by Crippen LogP contribution is 2.38. The summed E-state index contributed by atoms with van der Waals surface area (Å²) in [4.78, 5) is 11.8. The number of alkyl halides is 3. The maximum Gasteiger partial charge on any atom is 0.422 e. The van der Waals surface area contributed by atoms with Crippen LogP contribution in [0.4, 0.5) is 40.8 Å². The molecule has 11 heteroatoms. The van der Waals surface area contributed by atoms with Crippen molar-refractivity contribution in [1.29, 1.82) is 0 Å². The molecule has 0 radical (unpaired) electrons. The zero-order valence-electron chi connectivity index (χ0n) is 11.5. The number of hydrogen-bond acceptors (Lipinski definition) is 1. The lowest BCUT2D eigenvalue weighted by Crippen LogP contribution is -2.21. The number of amides is 1. The summed E-state index contributed by atoms with van der Waals surface area (Å²) in [5.74, 6) is -13.1. The molecule has 0 saturated carbocycles. The fourth-order valence-electron chi connectivity index (χ4n) is 1.84. The lowest BCUT2D eigenvalue weighted by Gasteiger charge is -2.14. The van der Waals surface area contributed by atoms with Gasteiger partial charge in [0.15, 0.2) is 23.3 Å². The molecule has 1 amide bonds. The summed E-state index contributed by atoms with van der Waals surface area (Å²) in [6.45, 7) is 0. The average Bonchev–Trinajstić information content (AvgIpc) is 2.50. The Morgan fingerprint density at radius 3 is 1.92 bits per heavy atom. The normalized spacial score (nSPS) is 11.6. The van der Waals surface area contributed by atoms with Crippen molar-refractivity contribution in [2.75, 3.05) is 5.32 Å². The Balaban J connectivity index is 2.54. The summed E-state index contributed by atoms with van der Waals surface area (Å²) in [6, 6.07) is 2.88. The van der Waals surface area contributed by atoms with Crippen molar-refractivity contribution in [2.45, 2.75) is 6.18 Å². The predicted molar refractivity (Wildman–Crippen MR) is 73.3 cm³/mol. The van der Waals surface area contributed by atoms with Gasteiger partial charge in [-0.3, -0.25) is 4.79 Å². The molecule has 0 atom stereocenters. The highest BCUT2D eigenvalue weighted by Gasteiger charge is 2.42. The molecule has 2 aromatic rings. The number of halogens is 9. The van der Waals surface area contributed by atoms with E-state index < -0.39 is 58.0 Å². The van der Waals surface area contributed by atoms with Crippen molar-refractivity contribution >= 4 is 27.5 Å². The van der Waals surface area contributed by atoms with Crippen LogP contribution in [0.5, 0.6) is 0 Å². The largest absolute Gasteiger partial charge is 0.422 e. The van der Waals surface area contributed by atoms with E-state index in [0.29, 0.717) is 0 Å². The molecule has 2 aromatic carbocycles. The van der Waals surface area contributed by atoms with Crippen LogP contribution in [0.3, 0.4) is 0 Å². The van der Waals surface area contributed by atoms with E-state index in [1.165, 1.54) is 11.4 Å². The van der Waals surface area contributed by atoms with Crippen molar-refractivity contribution in [1.82, 2.24) is 0 Å². The van der Waals surface area contributed by atoms with Gasteiger partial charge < -0.3 is 5.32 Å². The standard InChI is InChI=1S/C14H4BrF8NO/c15-4-1-2-6(16)5(3-4)13(25)24-12-10(19)8(17)7(14(21,22)23)9(18)11(12)20/h1-3H,(H,24,25). The molecule has 0 aliphatic heterocycles. The third-order valence-electron chi connectivity index (χ3n) is 2.96. The molecule has 1 N–H and O–H groups in total. The van der Waals surface area contributed by atoms with Crippen LogP contribution in [0.1, 0.15) is 15.9 Å². The highest BCUT2D eigenvalue weighted by atomic mass is 79.9. The number of nitrogens with one attached hydrogen (secondary N) is 1. The van der Waals surface area contributed by atoms with Crippen LogP contribution in [0.25, 0.3) is 0 Å². The van der Waals surface area contributed by atoms with Gasteiger partial charge in [0.2, 0.25) is 0 Å². The minimum atomic E-state index is -5.71. The van der Waals surface area contributed by atoms with Gasteiger partial charge >= 0.3 is 6.18 Å². The molecule has 134 valence electrons. The zero-order valence-corrected chi connectivity index (χ0v) is 13.1. The SMILES string of the molecule is O=C(Nc1c(F)c(F)c(C(F)(F)F)c(F)c1F)c1cc(Br)ccc1F. The monoisotopic (exact) mass is 433 g/mol. The van der Waals surface area contributed by atoms with Gasteiger partial charge in [0.1, 0.15) is 17.1 Å². The molecule has 0 bridgehead atoms. The van der Waals surface area contributed by atoms with E-state index in [0.717, 1.165) is 12.1 Å². The van der Waals surface area contributed by atoms with Crippen LogP contribution in [-0.4, -0.2) is 5.91 Å². The predicted octanol–water partition coefficient (Wildman–Crippen LogP) is 5.42. The number of hydrogen-bond donors (Lipinski definition) is 1. The van der Waals surface area contributed by atoms with Crippen LogP contribution in [-0.2, 0) is 6.18 Å². The number of benzene rings is 2. The fraction of sp³-hybridized carbons (Fsp3) is 0.0714. The van der Waals surface area contributed by atoms with E-state index in [4.69, 9.17) is 0 Å². The number of carbonyl (C=O) groups is 1. The second-order valence-corrected chi connectivity index (χ2v) is 5.50. The summed E-state index contributed by atoms with van der Waals surface area (Å²) >= 11 is 2.89. The summed E-state index contributed by atoms with van der Waals surface area (Å²) in [5.41, 5.74) is -5.37. The van der Waals surface area contributed by atoms with E-state index in [2.05, 4.69) is 15.9 Å². The van der Waals surface area contributed by atoms with E-state index in [-0.39, 0.29) is 4.47 Å². The lowest BCUT2D eigenvalue weighted by molar-refractivity contribution is -0.143. The molecule has 2 rings (SSSR count). The Morgan fingerprint density at radius 2 is 1.44 bits per heavy atom. The molecule has 0 aliphatic carbocycles. The van der Waals surface area contributed by atoms with E-state index in [1.807, 2.05) is 0 Å². The lowest BCUT2D eigenvalue weighted by atomic mass is 10.1. The first-order valence-electron chi connectivity index (χ1n) is 6.14. The Hall–Kier alpha value is -2.17. The average molecular weight is 434 g/mol. The molecule has 0 unspecified atom stereocenters. The number of anilines is 1. The minimum absolute atomic E-state index is 0.185. The van der Waals surface area contributed by atoms with Gasteiger partial charge in [0, 0.05) is 4.47 Å². The number of carbonyl (C=O) groups excluding carboxylic acids is 1. The van der Waals surface area contributed by atoms with Crippen molar-refractivity contribution in [3.05, 3.63) is 62.9 Å². The fourth-order valence-corrected chi connectivity index (χ4v) is 2.20. The topological polar surface area (TPSA) is 29.1 Å². The Kier molecular flexibility index (Phi) is 5.07. The van der Waals surface area contributed by atoms with Gasteiger partial charge in [-0.1, -0.05) is 15.9 Å². The minimum Gasteiger partial charge on any atom is -0.317 e. The first kappa shape index (κ1) is 19.2. The van der Waals surface area contributed by atoms with Gasteiger partial charge in [0.25, 0.3) is 5.91 Å².